The lowest BCUT2D eigenvalue weighted by Crippen LogP contribution is -2.26. The van der Waals surface area contributed by atoms with Crippen LogP contribution in [0.5, 0.6) is 5.75 Å². The van der Waals surface area contributed by atoms with Crippen LogP contribution < -0.4 is 15.6 Å². The number of rotatable bonds is 6. The smallest absolute Gasteiger partial charge is 0.250 e. The molecule has 116 valence electrons. The van der Waals surface area contributed by atoms with E-state index in [1.165, 1.54) is 10.6 Å². The Bertz CT molecular complexity index is 677. The molecule has 0 aliphatic carbocycles. The quantitative estimate of drug-likeness (QED) is 0.892. The molecule has 5 heteroatoms. The summed E-state index contributed by atoms with van der Waals surface area (Å²) in [5, 5.41) is 2.76. The van der Waals surface area contributed by atoms with E-state index < -0.39 is 0 Å². The van der Waals surface area contributed by atoms with Gasteiger partial charge in [-0.15, -0.1) is 0 Å². The predicted molar refractivity (Wildman–Crippen MR) is 86.2 cm³/mol. The van der Waals surface area contributed by atoms with Gasteiger partial charge in [0, 0.05) is 18.0 Å². The molecular formula is C17H20N2O3. The molecule has 0 saturated carbocycles. The van der Waals surface area contributed by atoms with Crippen LogP contribution in [0.3, 0.4) is 0 Å². The molecule has 1 aromatic heterocycles. The number of hydrogen-bond donors (Lipinski definition) is 1. The molecule has 1 atom stereocenters. The van der Waals surface area contributed by atoms with Crippen molar-refractivity contribution >= 4 is 11.6 Å². The van der Waals surface area contributed by atoms with Crippen molar-refractivity contribution in [2.75, 3.05) is 5.32 Å². The Morgan fingerprint density at radius 1 is 1.23 bits per heavy atom. The van der Waals surface area contributed by atoms with E-state index in [4.69, 9.17) is 4.74 Å². The number of nitrogens with zero attached hydrogens (tertiary/aromatic N) is 1. The van der Waals surface area contributed by atoms with E-state index in [0.29, 0.717) is 5.69 Å². The zero-order valence-electron chi connectivity index (χ0n) is 12.8. The van der Waals surface area contributed by atoms with E-state index in [2.05, 4.69) is 12.2 Å². The highest BCUT2D eigenvalue weighted by Gasteiger charge is 2.05. The first-order valence-electron chi connectivity index (χ1n) is 7.30. The van der Waals surface area contributed by atoms with Crippen LogP contribution in [0.15, 0.2) is 53.5 Å². The molecule has 0 saturated heterocycles. The lowest BCUT2D eigenvalue weighted by Gasteiger charge is -2.13. The molecule has 22 heavy (non-hydrogen) atoms. The number of carbonyl (C=O) groups is 1. The van der Waals surface area contributed by atoms with E-state index in [1.54, 1.807) is 30.5 Å². The minimum atomic E-state index is -0.246. The van der Waals surface area contributed by atoms with E-state index in [-0.39, 0.29) is 24.1 Å². The molecule has 2 rings (SSSR count). The van der Waals surface area contributed by atoms with Crippen LogP contribution in [-0.2, 0) is 11.3 Å². The zero-order valence-corrected chi connectivity index (χ0v) is 12.8. The van der Waals surface area contributed by atoms with Crippen molar-refractivity contribution in [1.29, 1.82) is 0 Å². The first-order chi connectivity index (χ1) is 10.6. The molecule has 0 aliphatic heterocycles. The van der Waals surface area contributed by atoms with Gasteiger partial charge in [-0.1, -0.05) is 13.0 Å². The van der Waals surface area contributed by atoms with Crippen molar-refractivity contribution in [2.24, 2.45) is 0 Å². The van der Waals surface area contributed by atoms with Crippen molar-refractivity contribution in [2.45, 2.75) is 32.9 Å². The van der Waals surface area contributed by atoms with Crippen LogP contribution in [0.2, 0.25) is 0 Å². The van der Waals surface area contributed by atoms with Crippen LogP contribution in [0, 0.1) is 0 Å². The molecule has 1 amide bonds. The molecule has 0 aliphatic rings. The lowest BCUT2D eigenvalue weighted by atomic mass is 10.2. The zero-order chi connectivity index (χ0) is 15.9. The Morgan fingerprint density at radius 2 is 1.95 bits per heavy atom. The molecular weight excluding hydrogens is 280 g/mol. The largest absolute Gasteiger partial charge is 0.491 e. The van der Waals surface area contributed by atoms with Gasteiger partial charge < -0.3 is 14.6 Å². The van der Waals surface area contributed by atoms with E-state index in [0.717, 1.165) is 12.2 Å². The summed E-state index contributed by atoms with van der Waals surface area (Å²) in [6.07, 6.45) is 2.68. The van der Waals surface area contributed by atoms with E-state index >= 15 is 0 Å². The first-order valence-corrected chi connectivity index (χ1v) is 7.30. The number of nitrogens with one attached hydrogen (secondary N) is 1. The number of benzene rings is 1. The molecule has 0 bridgehead atoms. The minimum Gasteiger partial charge on any atom is -0.491 e. The van der Waals surface area contributed by atoms with Crippen LogP contribution >= 0.6 is 0 Å². The maximum Gasteiger partial charge on any atom is 0.250 e. The molecule has 0 spiro atoms. The van der Waals surface area contributed by atoms with Gasteiger partial charge in [0.1, 0.15) is 12.3 Å². The highest BCUT2D eigenvalue weighted by molar-refractivity contribution is 5.90. The van der Waals surface area contributed by atoms with Gasteiger partial charge in [-0.25, -0.2) is 0 Å². The van der Waals surface area contributed by atoms with Crippen LogP contribution in [0.1, 0.15) is 20.3 Å². The highest BCUT2D eigenvalue weighted by atomic mass is 16.5. The standard InChI is InChI=1S/C17H20N2O3/c1-3-13(2)22-15-9-7-14(8-10-15)18-16(20)12-19-11-5-4-6-17(19)21/h4-11,13H,3,12H2,1-2H3,(H,18,20). The van der Waals surface area contributed by atoms with Crippen molar-refractivity contribution in [3.63, 3.8) is 0 Å². The van der Waals surface area contributed by atoms with Gasteiger partial charge in [0.25, 0.3) is 5.56 Å². The summed E-state index contributed by atoms with van der Waals surface area (Å²) >= 11 is 0. The summed E-state index contributed by atoms with van der Waals surface area (Å²) in [6.45, 7) is 4.06. The molecule has 1 unspecified atom stereocenters. The van der Waals surface area contributed by atoms with Crippen molar-refractivity contribution in [3.8, 4) is 5.75 Å². The maximum absolute atomic E-state index is 11.9. The molecule has 1 N–H and O–H groups in total. The van der Waals surface area contributed by atoms with Crippen molar-refractivity contribution < 1.29 is 9.53 Å². The topological polar surface area (TPSA) is 60.3 Å². The second-order valence-electron chi connectivity index (χ2n) is 5.08. The number of pyridine rings is 1. The Balaban J connectivity index is 1.94. The molecule has 0 fully saturated rings. The normalized spacial score (nSPS) is 11.7. The molecule has 5 nitrogen and oxygen atoms in total. The van der Waals surface area contributed by atoms with Gasteiger partial charge in [0.15, 0.2) is 0 Å². The summed E-state index contributed by atoms with van der Waals surface area (Å²) in [6, 6.07) is 12.0. The van der Waals surface area contributed by atoms with Gasteiger partial charge in [0.05, 0.1) is 6.10 Å². The van der Waals surface area contributed by atoms with Crippen molar-refractivity contribution in [1.82, 2.24) is 4.57 Å². The third kappa shape index (κ3) is 4.48. The van der Waals surface area contributed by atoms with Crippen LogP contribution in [-0.4, -0.2) is 16.6 Å². The molecule has 1 aromatic carbocycles. The van der Waals surface area contributed by atoms with Gasteiger partial charge in [-0.2, -0.15) is 0 Å². The molecule has 2 aromatic rings. The number of anilines is 1. The Hall–Kier alpha value is -2.56. The molecule has 1 heterocycles. The fourth-order valence-electron chi connectivity index (χ4n) is 1.88. The first kappa shape index (κ1) is 15.8. The average Bonchev–Trinajstić information content (AvgIpc) is 2.51. The fraction of sp³-hybridized carbons (Fsp3) is 0.294. The van der Waals surface area contributed by atoms with Crippen LogP contribution in [0.4, 0.5) is 5.69 Å². The summed E-state index contributed by atoms with van der Waals surface area (Å²) < 4.78 is 7.03. The number of hydrogen-bond acceptors (Lipinski definition) is 3. The monoisotopic (exact) mass is 300 g/mol. The summed E-state index contributed by atoms with van der Waals surface area (Å²) in [5.74, 6) is 0.524. The summed E-state index contributed by atoms with van der Waals surface area (Å²) in [4.78, 5) is 23.5. The Labute approximate surface area is 129 Å². The predicted octanol–water partition coefficient (Wildman–Crippen LogP) is 2.66. The van der Waals surface area contributed by atoms with Gasteiger partial charge in [0.2, 0.25) is 5.91 Å². The summed E-state index contributed by atoms with van der Waals surface area (Å²) in [7, 11) is 0. The number of amides is 1. The Morgan fingerprint density at radius 3 is 2.59 bits per heavy atom. The van der Waals surface area contributed by atoms with Gasteiger partial charge in [-0.3, -0.25) is 9.59 Å². The number of ether oxygens (including phenoxy) is 1. The van der Waals surface area contributed by atoms with E-state index in [1.807, 2.05) is 19.1 Å². The lowest BCUT2D eigenvalue weighted by molar-refractivity contribution is -0.116. The maximum atomic E-state index is 11.9. The SMILES string of the molecule is CCC(C)Oc1ccc(NC(=O)Cn2ccccc2=O)cc1. The minimum absolute atomic E-state index is 0.00913. The second kappa shape index (κ2) is 7.45. The second-order valence-corrected chi connectivity index (χ2v) is 5.08. The third-order valence-corrected chi connectivity index (χ3v) is 3.26. The molecule has 0 radical (unpaired) electrons. The number of aromatic nitrogens is 1. The third-order valence-electron chi connectivity index (χ3n) is 3.26. The number of carbonyl (C=O) groups excluding carboxylic acids is 1. The van der Waals surface area contributed by atoms with Crippen molar-refractivity contribution in [3.05, 3.63) is 59.0 Å². The highest BCUT2D eigenvalue weighted by Crippen LogP contribution is 2.17. The Kier molecular flexibility index (Phi) is 5.36. The van der Waals surface area contributed by atoms with E-state index in [9.17, 15) is 9.59 Å². The summed E-state index contributed by atoms with van der Waals surface area (Å²) in [5.41, 5.74) is 0.473. The fourth-order valence-corrected chi connectivity index (χ4v) is 1.88. The average molecular weight is 300 g/mol. The van der Waals surface area contributed by atoms with Gasteiger partial charge in [-0.05, 0) is 43.7 Å². The van der Waals surface area contributed by atoms with Gasteiger partial charge >= 0.3 is 0 Å². The van der Waals surface area contributed by atoms with Crippen LogP contribution in [0.25, 0.3) is 0 Å².